The summed E-state index contributed by atoms with van der Waals surface area (Å²) in [7, 11) is 0. The van der Waals surface area contributed by atoms with E-state index in [0.29, 0.717) is 13.0 Å². The summed E-state index contributed by atoms with van der Waals surface area (Å²) in [6.45, 7) is 0.542. The minimum atomic E-state index is -0.421. The minimum Gasteiger partial charge on any atom is -0.360 e. The molecule has 4 aromatic rings. The number of fused-ring (bicyclic) bond motifs is 1. The molecule has 0 spiro atoms. The number of rotatable bonds is 6. The Morgan fingerprint density at radius 1 is 1.11 bits per heavy atom. The van der Waals surface area contributed by atoms with Crippen LogP contribution in [0.5, 0.6) is 0 Å². The lowest BCUT2D eigenvalue weighted by Crippen LogP contribution is -2.31. The summed E-state index contributed by atoms with van der Waals surface area (Å²) in [5.41, 5.74) is 8.11. The molecular formula is C21H18ClFN4S. The van der Waals surface area contributed by atoms with Crippen LogP contribution in [0.3, 0.4) is 0 Å². The molecule has 28 heavy (non-hydrogen) atoms. The number of thiazole rings is 1. The average molecular weight is 413 g/mol. The van der Waals surface area contributed by atoms with Crippen LogP contribution in [0.4, 0.5) is 9.52 Å². The minimum absolute atomic E-state index is 0.121. The highest BCUT2D eigenvalue weighted by molar-refractivity contribution is 7.18. The standard InChI is InChI=1S/C21H18ClFN4S/c22-18-4-1-13(8-19(18)23)7-17(24)11-26-21-27-12-20(28-21)15-2-3-16-10-25-6-5-14(16)9-15/h1-6,8-10,12,17H,7,11,24H2,(H,26,27)/t17-/m0/s1. The van der Waals surface area contributed by atoms with Gasteiger partial charge in [0, 0.05) is 36.6 Å². The maximum Gasteiger partial charge on any atom is 0.183 e. The van der Waals surface area contributed by atoms with E-state index in [4.69, 9.17) is 17.3 Å². The molecule has 0 aliphatic carbocycles. The van der Waals surface area contributed by atoms with Gasteiger partial charge in [-0.3, -0.25) is 4.98 Å². The zero-order valence-electron chi connectivity index (χ0n) is 14.9. The van der Waals surface area contributed by atoms with Gasteiger partial charge in [0.2, 0.25) is 0 Å². The Hall–Kier alpha value is -2.54. The molecule has 0 bridgehead atoms. The van der Waals surface area contributed by atoms with Crippen molar-refractivity contribution in [3.63, 3.8) is 0 Å². The maximum absolute atomic E-state index is 13.5. The lowest BCUT2D eigenvalue weighted by atomic mass is 10.1. The number of nitrogens with two attached hydrogens (primary N) is 1. The Labute approximate surface area is 171 Å². The third-order valence-electron chi connectivity index (χ3n) is 4.43. The van der Waals surface area contributed by atoms with Crippen molar-refractivity contribution in [1.82, 2.24) is 9.97 Å². The van der Waals surface area contributed by atoms with Gasteiger partial charge in [0.05, 0.1) is 9.90 Å². The van der Waals surface area contributed by atoms with Crippen molar-refractivity contribution in [2.75, 3.05) is 11.9 Å². The summed E-state index contributed by atoms with van der Waals surface area (Å²) in [6.07, 6.45) is 6.06. The van der Waals surface area contributed by atoms with Gasteiger partial charge >= 0.3 is 0 Å². The van der Waals surface area contributed by atoms with Crippen molar-refractivity contribution in [1.29, 1.82) is 0 Å². The number of nitrogens with zero attached hydrogens (tertiary/aromatic N) is 2. The van der Waals surface area contributed by atoms with Crippen LogP contribution >= 0.6 is 22.9 Å². The number of nitrogens with one attached hydrogen (secondary N) is 1. The van der Waals surface area contributed by atoms with Crippen LogP contribution in [0, 0.1) is 5.82 Å². The van der Waals surface area contributed by atoms with Gasteiger partial charge in [0.1, 0.15) is 5.82 Å². The van der Waals surface area contributed by atoms with E-state index in [9.17, 15) is 4.39 Å². The molecule has 0 unspecified atom stereocenters. The quantitative estimate of drug-likeness (QED) is 0.460. The largest absolute Gasteiger partial charge is 0.360 e. The summed E-state index contributed by atoms with van der Waals surface area (Å²) in [6, 6.07) is 12.9. The predicted octanol–water partition coefficient (Wildman–Crippen LogP) is 5.13. The first-order valence-electron chi connectivity index (χ1n) is 8.82. The molecule has 0 aliphatic rings. The number of hydrogen-bond donors (Lipinski definition) is 2. The van der Waals surface area contributed by atoms with E-state index in [1.807, 2.05) is 18.5 Å². The van der Waals surface area contributed by atoms with Gasteiger partial charge in [-0.15, -0.1) is 0 Å². The Morgan fingerprint density at radius 3 is 2.86 bits per heavy atom. The maximum atomic E-state index is 13.5. The van der Waals surface area contributed by atoms with E-state index in [-0.39, 0.29) is 11.1 Å². The van der Waals surface area contributed by atoms with Crippen LogP contribution in [-0.4, -0.2) is 22.6 Å². The van der Waals surface area contributed by atoms with E-state index >= 15 is 0 Å². The third kappa shape index (κ3) is 4.30. The fourth-order valence-electron chi connectivity index (χ4n) is 2.99. The fraction of sp³-hybridized carbons (Fsp3) is 0.143. The molecule has 0 saturated carbocycles. The highest BCUT2D eigenvalue weighted by Crippen LogP contribution is 2.31. The van der Waals surface area contributed by atoms with Gasteiger partial charge < -0.3 is 11.1 Å². The number of aromatic nitrogens is 2. The molecule has 2 heterocycles. The van der Waals surface area contributed by atoms with Crippen LogP contribution in [0.15, 0.2) is 61.1 Å². The molecule has 4 nitrogen and oxygen atoms in total. The summed E-state index contributed by atoms with van der Waals surface area (Å²) >= 11 is 7.29. The van der Waals surface area contributed by atoms with Crippen molar-refractivity contribution in [3.05, 3.63) is 77.5 Å². The van der Waals surface area contributed by atoms with Crippen molar-refractivity contribution < 1.29 is 4.39 Å². The van der Waals surface area contributed by atoms with Crippen LogP contribution in [-0.2, 0) is 6.42 Å². The number of hydrogen-bond acceptors (Lipinski definition) is 5. The van der Waals surface area contributed by atoms with Crippen molar-refractivity contribution in [2.45, 2.75) is 12.5 Å². The zero-order chi connectivity index (χ0) is 19.5. The van der Waals surface area contributed by atoms with Crippen LogP contribution < -0.4 is 11.1 Å². The number of pyridine rings is 1. The highest BCUT2D eigenvalue weighted by atomic mass is 35.5. The monoisotopic (exact) mass is 412 g/mol. The molecule has 142 valence electrons. The predicted molar refractivity (Wildman–Crippen MR) is 114 cm³/mol. The van der Waals surface area contributed by atoms with Gasteiger partial charge in [-0.2, -0.15) is 0 Å². The molecule has 0 fully saturated rings. The van der Waals surface area contributed by atoms with Crippen LogP contribution in [0.25, 0.3) is 21.2 Å². The smallest absolute Gasteiger partial charge is 0.183 e. The molecule has 1 atom stereocenters. The molecule has 0 amide bonds. The lowest BCUT2D eigenvalue weighted by molar-refractivity contribution is 0.621. The van der Waals surface area contributed by atoms with Crippen molar-refractivity contribution >= 4 is 38.8 Å². The molecule has 0 aliphatic heterocycles. The van der Waals surface area contributed by atoms with Gasteiger partial charge in [-0.25, -0.2) is 9.37 Å². The van der Waals surface area contributed by atoms with E-state index < -0.39 is 5.82 Å². The summed E-state index contributed by atoms with van der Waals surface area (Å²) < 4.78 is 13.5. The zero-order valence-corrected chi connectivity index (χ0v) is 16.5. The summed E-state index contributed by atoms with van der Waals surface area (Å²) in [5, 5.41) is 6.46. The number of benzene rings is 2. The molecule has 0 radical (unpaired) electrons. The second-order valence-corrected chi connectivity index (χ2v) is 8.00. The Kier molecular flexibility index (Phi) is 5.52. The van der Waals surface area contributed by atoms with Gasteiger partial charge in [0.15, 0.2) is 5.13 Å². The first kappa shape index (κ1) is 18.8. The lowest BCUT2D eigenvalue weighted by Gasteiger charge is -2.12. The van der Waals surface area contributed by atoms with Gasteiger partial charge in [0.25, 0.3) is 0 Å². The molecule has 7 heteroatoms. The summed E-state index contributed by atoms with van der Waals surface area (Å²) in [4.78, 5) is 9.66. The van der Waals surface area contributed by atoms with E-state index in [1.165, 1.54) is 6.07 Å². The molecule has 0 saturated heterocycles. The average Bonchev–Trinajstić information content (AvgIpc) is 3.18. The topological polar surface area (TPSA) is 63.8 Å². The molecular weight excluding hydrogens is 395 g/mol. The number of anilines is 1. The second-order valence-electron chi connectivity index (χ2n) is 6.56. The molecule has 3 N–H and O–H groups in total. The van der Waals surface area contributed by atoms with Crippen LogP contribution in [0.2, 0.25) is 5.02 Å². The van der Waals surface area contributed by atoms with E-state index in [0.717, 1.165) is 31.9 Å². The number of halogens is 2. The summed E-state index contributed by atoms with van der Waals surface area (Å²) in [5.74, 6) is -0.421. The van der Waals surface area contributed by atoms with E-state index in [1.54, 1.807) is 29.7 Å². The normalized spacial score (nSPS) is 12.2. The second kappa shape index (κ2) is 8.22. The van der Waals surface area contributed by atoms with Crippen molar-refractivity contribution in [3.8, 4) is 10.4 Å². The Balaban J connectivity index is 1.39. The highest BCUT2D eigenvalue weighted by Gasteiger charge is 2.09. The van der Waals surface area contributed by atoms with Crippen molar-refractivity contribution in [2.24, 2.45) is 5.73 Å². The molecule has 2 aromatic heterocycles. The Bertz CT molecular complexity index is 1110. The van der Waals surface area contributed by atoms with Crippen LogP contribution in [0.1, 0.15) is 5.56 Å². The Morgan fingerprint density at radius 2 is 2.00 bits per heavy atom. The van der Waals surface area contributed by atoms with Gasteiger partial charge in [-0.05, 0) is 47.2 Å². The fourth-order valence-corrected chi connectivity index (χ4v) is 3.92. The first-order valence-corrected chi connectivity index (χ1v) is 10.0. The van der Waals surface area contributed by atoms with Gasteiger partial charge in [-0.1, -0.05) is 41.1 Å². The molecule has 2 aromatic carbocycles. The SMILES string of the molecule is N[C@H](CNc1ncc(-c2ccc3cnccc3c2)s1)Cc1ccc(Cl)c(F)c1. The molecule has 4 rings (SSSR count). The first-order chi connectivity index (χ1) is 13.6. The third-order valence-corrected chi connectivity index (χ3v) is 5.74. The van der Waals surface area contributed by atoms with E-state index in [2.05, 4.69) is 33.5 Å².